The SMILES string of the molecule is COc1ccc(CNCC(O)c2ccc(Cl)c(F)c2)cc1OC. The molecule has 2 N–H and O–H groups in total. The molecule has 0 aliphatic heterocycles. The summed E-state index contributed by atoms with van der Waals surface area (Å²) in [5.41, 5.74) is 1.46. The number of benzene rings is 2. The lowest BCUT2D eigenvalue weighted by molar-refractivity contribution is 0.174. The lowest BCUT2D eigenvalue weighted by atomic mass is 10.1. The molecule has 0 bridgehead atoms. The first-order valence-electron chi connectivity index (χ1n) is 7.09. The van der Waals surface area contributed by atoms with Crippen LogP contribution in [-0.4, -0.2) is 25.9 Å². The van der Waals surface area contributed by atoms with Crippen molar-refractivity contribution in [1.29, 1.82) is 0 Å². The number of hydrogen-bond acceptors (Lipinski definition) is 4. The Morgan fingerprint density at radius 2 is 1.87 bits per heavy atom. The zero-order chi connectivity index (χ0) is 16.8. The Balaban J connectivity index is 1.92. The minimum absolute atomic E-state index is 0.0410. The maximum absolute atomic E-state index is 13.4. The first-order valence-corrected chi connectivity index (χ1v) is 7.47. The third kappa shape index (κ3) is 4.58. The first-order chi connectivity index (χ1) is 11.0. The third-order valence-electron chi connectivity index (χ3n) is 3.44. The second kappa shape index (κ2) is 8.15. The van der Waals surface area contributed by atoms with Crippen LogP contribution in [0.4, 0.5) is 4.39 Å². The number of hydrogen-bond donors (Lipinski definition) is 2. The molecule has 0 aliphatic rings. The van der Waals surface area contributed by atoms with Gasteiger partial charge in [-0.3, -0.25) is 0 Å². The molecule has 2 aromatic rings. The average Bonchev–Trinajstić information content (AvgIpc) is 2.57. The van der Waals surface area contributed by atoms with Gasteiger partial charge in [-0.2, -0.15) is 0 Å². The monoisotopic (exact) mass is 339 g/mol. The fraction of sp³-hybridized carbons (Fsp3) is 0.294. The van der Waals surface area contributed by atoms with Gasteiger partial charge < -0.3 is 19.9 Å². The first kappa shape index (κ1) is 17.5. The molecule has 2 rings (SSSR count). The third-order valence-corrected chi connectivity index (χ3v) is 3.75. The predicted octanol–water partition coefficient (Wildman–Crippen LogP) is 3.32. The maximum Gasteiger partial charge on any atom is 0.161 e. The van der Waals surface area contributed by atoms with Gasteiger partial charge in [-0.25, -0.2) is 4.39 Å². The Kier molecular flexibility index (Phi) is 6.21. The molecule has 0 spiro atoms. The largest absolute Gasteiger partial charge is 0.493 e. The van der Waals surface area contributed by atoms with E-state index in [0.29, 0.717) is 23.6 Å². The standard InChI is InChI=1S/C17H19ClFNO3/c1-22-16-6-3-11(7-17(16)23-2)9-20-10-15(21)12-4-5-13(18)14(19)8-12/h3-8,15,20-21H,9-10H2,1-2H3. The number of methoxy groups -OCH3 is 2. The lowest BCUT2D eigenvalue weighted by Gasteiger charge is -2.14. The highest BCUT2D eigenvalue weighted by atomic mass is 35.5. The van der Waals surface area contributed by atoms with E-state index in [9.17, 15) is 9.50 Å². The van der Waals surface area contributed by atoms with E-state index in [1.54, 1.807) is 20.3 Å². The molecule has 6 heteroatoms. The lowest BCUT2D eigenvalue weighted by Crippen LogP contribution is -2.21. The Hall–Kier alpha value is -1.82. The minimum atomic E-state index is -0.818. The Morgan fingerprint density at radius 3 is 2.52 bits per heavy atom. The molecular formula is C17H19ClFNO3. The molecule has 0 saturated carbocycles. The van der Waals surface area contributed by atoms with Gasteiger partial charge in [0.05, 0.1) is 25.3 Å². The maximum atomic E-state index is 13.4. The second-order valence-electron chi connectivity index (χ2n) is 5.01. The predicted molar refractivity (Wildman–Crippen MR) is 87.6 cm³/mol. The van der Waals surface area contributed by atoms with Gasteiger partial charge in [-0.1, -0.05) is 23.7 Å². The van der Waals surface area contributed by atoms with E-state index in [0.717, 1.165) is 5.56 Å². The van der Waals surface area contributed by atoms with Crippen molar-refractivity contribution in [1.82, 2.24) is 5.32 Å². The fourth-order valence-electron chi connectivity index (χ4n) is 2.18. The van der Waals surface area contributed by atoms with E-state index in [1.807, 2.05) is 18.2 Å². The summed E-state index contributed by atoms with van der Waals surface area (Å²) in [7, 11) is 3.16. The smallest absolute Gasteiger partial charge is 0.161 e. The molecule has 0 amide bonds. The van der Waals surface area contributed by atoms with Gasteiger partial charge >= 0.3 is 0 Å². The highest BCUT2D eigenvalue weighted by Gasteiger charge is 2.10. The highest BCUT2D eigenvalue weighted by Crippen LogP contribution is 2.27. The zero-order valence-corrected chi connectivity index (χ0v) is 13.7. The summed E-state index contributed by atoms with van der Waals surface area (Å²) in [6, 6.07) is 9.87. The van der Waals surface area contributed by atoms with Gasteiger partial charge in [0.2, 0.25) is 0 Å². The van der Waals surface area contributed by atoms with Crippen LogP contribution >= 0.6 is 11.6 Å². The normalized spacial score (nSPS) is 12.0. The van der Waals surface area contributed by atoms with E-state index < -0.39 is 11.9 Å². The van der Waals surface area contributed by atoms with E-state index in [2.05, 4.69) is 5.32 Å². The van der Waals surface area contributed by atoms with Gasteiger partial charge in [0.15, 0.2) is 11.5 Å². The number of aliphatic hydroxyl groups is 1. The molecule has 0 aliphatic carbocycles. The quantitative estimate of drug-likeness (QED) is 0.812. The number of ether oxygens (including phenoxy) is 2. The molecule has 0 aromatic heterocycles. The fourth-order valence-corrected chi connectivity index (χ4v) is 2.30. The molecule has 1 atom stereocenters. The van der Waals surface area contributed by atoms with Crippen molar-refractivity contribution >= 4 is 11.6 Å². The van der Waals surface area contributed by atoms with Crippen molar-refractivity contribution < 1.29 is 19.0 Å². The minimum Gasteiger partial charge on any atom is -0.493 e. The van der Waals surface area contributed by atoms with Crippen molar-refractivity contribution in [3.8, 4) is 11.5 Å². The van der Waals surface area contributed by atoms with Crippen LogP contribution in [0.2, 0.25) is 5.02 Å². The molecule has 4 nitrogen and oxygen atoms in total. The molecular weight excluding hydrogens is 321 g/mol. The van der Waals surface area contributed by atoms with Crippen LogP contribution in [0.15, 0.2) is 36.4 Å². The summed E-state index contributed by atoms with van der Waals surface area (Å²) in [4.78, 5) is 0. The highest BCUT2D eigenvalue weighted by molar-refractivity contribution is 6.30. The molecule has 0 fully saturated rings. The van der Waals surface area contributed by atoms with Crippen molar-refractivity contribution in [3.05, 3.63) is 58.4 Å². The Morgan fingerprint density at radius 1 is 1.13 bits per heavy atom. The van der Waals surface area contributed by atoms with Crippen LogP contribution in [0.1, 0.15) is 17.2 Å². The molecule has 1 unspecified atom stereocenters. The van der Waals surface area contributed by atoms with Gasteiger partial charge in [-0.05, 0) is 35.4 Å². The molecule has 23 heavy (non-hydrogen) atoms. The van der Waals surface area contributed by atoms with Crippen LogP contribution in [0.3, 0.4) is 0 Å². The summed E-state index contributed by atoms with van der Waals surface area (Å²) in [6.45, 7) is 0.822. The van der Waals surface area contributed by atoms with Crippen LogP contribution in [0.5, 0.6) is 11.5 Å². The van der Waals surface area contributed by atoms with Crippen molar-refractivity contribution in [2.45, 2.75) is 12.6 Å². The Bertz CT molecular complexity index is 666. The van der Waals surface area contributed by atoms with E-state index in [4.69, 9.17) is 21.1 Å². The second-order valence-corrected chi connectivity index (χ2v) is 5.42. The van der Waals surface area contributed by atoms with Crippen molar-refractivity contribution in [2.75, 3.05) is 20.8 Å². The topological polar surface area (TPSA) is 50.7 Å². The number of nitrogens with one attached hydrogen (secondary N) is 1. The van der Waals surface area contributed by atoms with Crippen molar-refractivity contribution in [3.63, 3.8) is 0 Å². The summed E-state index contributed by atoms with van der Waals surface area (Å²) in [6.07, 6.45) is -0.818. The van der Waals surface area contributed by atoms with Gasteiger partial charge in [0.1, 0.15) is 5.82 Å². The van der Waals surface area contributed by atoms with Crippen LogP contribution < -0.4 is 14.8 Å². The molecule has 0 saturated heterocycles. The molecule has 0 heterocycles. The summed E-state index contributed by atoms with van der Waals surface area (Å²) < 4.78 is 23.8. The molecule has 0 radical (unpaired) electrons. The van der Waals surface area contributed by atoms with Crippen LogP contribution in [-0.2, 0) is 6.54 Å². The van der Waals surface area contributed by atoms with Gasteiger partial charge in [0, 0.05) is 13.1 Å². The number of halogens is 2. The summed E-state index contributed by atoms with van der Waals surface area (Å²) in [5.74, 6) is 0.767. The molecule has 124 valence electrons. The van der Waals surface area contributed by atoms with E-state index in [1.165, 1.54) is 12.1 Å². The van der Waals surface area contributed by atoms with E-state index in [-0.39, 0.29) is 11.6 Å². The van der Waals surface area contributed by atoms with Gasteiger partial charge in [0.25, 0.3) is 0 Å². The van der Waals surface area contributed by atoms with E-state index >= 15 is 0 Å². The number of aliphatic hydroxyl groups excluding tert-OH is 1. The van der Waals surface area contributed by atoms with Crippen LogP contribution in [0, 0.1) is 5.82 Å². The summed E-state index contributed by atoms with van der Waals surface area (Å²) in [5, 5.41) is 13.2. The van der Waals surface area contributed by atoms with Gasteiger partial charge in [-0.15, -0.1) is 0 Å². The van der Waals surface area contributed by atoms with Crippen LogP contribution in [0.25, 0.3) is 0 Å². The average molecular weight is 340 g/mol. The van der Waals surface area contributed by atoms with Crippen molar-refractivity contribution in [2.24, 2.45) is 0 Å². The Labute approximate surface area is 139 Å². The molecule has 2 aromatic carbocycles. The number of rotatable bonds is 7. The summed E-state index contributed by atoms with van der Waals surface area (Å²) >= 11 is 5.63. The zero-order valence-electron chi connectivity index (χ0n) is 13.0.